The largest absolute Gasteiger partial charge is 0.395 e. The van der Waals surface area contributed by atoms with Gasteiger partial charge in [-0.3, -0.25) is 4.90 Å². The van der Waals surface area contributed by atoms with Gasteiger partial charge in [0.2, 0.25) is 0 Å². The van der Waals surface area contributed by atoms with Crippen molar-refractivity contribution in [3.8, 4) is 0 Å². The first kappa shape index (κ1) is 22.9. The summed E-state index contributed by atoms with van der Waals surface area (Å²) in [6, 6.07) is -0.501. The molecule has 1 heterocycles. The second-order valence-electron chi connectivity index (χ2n) is 11.6. The topological polar surface area (TPSA) is 93.4 Å². The van der Waals surface area contributed by atoms with Crippen LogP contribution < -0.4 is 0 Å². The SMILES string of the molecule is CC1CC2CC3(C)CC(COCCCCCN4C[C@H](O)[C@@H](O)[C@H](O)[C@@H]4CO)(C1)CC23. The fourth-order valence-corrected chi connectivity index (χ4v) is 7.84. The number of unbranched alkanes of at least 4 members (excludes halogenated alkanes) is 2. The summed E-state index contributed by atoms with van der Waals surface area (Å²) in [6.45, 7) is 7.45. The van der Waals surface area contributed by atoms with Gasteiger partial charge >= 0.3 is 0 Å². The van der Waals surface area contributed by atoms with Crippen LogP contribution >= 0.6 is 0 Å². The lowest BCUT2D eigenvalue weighted by Crippen LogP contribution is -2.62. The average Bonchev–Trinajstić information content (AvgIpc) is 2.82. The van der Waals surface area contributed by atoms with Gasteiger partial charge in [0.05, 0.1) is 25.4 Å². The molecule has 6 nitrogen and oxygen atoms in total. The molecule has 9 atom stereocenters. The van der Waals surface area contributed by atoms with Crippen LogP contribution in [0.5, 0.6) is 0 Å². The number of hydrogen-bond donors (Lipinski definition) is 4. The van der Waals surface area contributed by atoms with Crippen molar-refractivity contribution in [3.05, 3.63) is 0 Å². The fraction of sp³-hybridized carbons (Fsp3) is 1.00. The maximum atomic E-state index is 10.1. The molecule has 0 spiro atoms. The maximum Gasteiger partial charge on any atom is 0.109 e. The molecular weight excluding hydrogens is 382 g/mol. The van der Waals surface area contributed by atoms with Crippen LogP contribution in [-0.2, 0) is 4.74 Å². The second kappa shape index (κ2) is 8.95. The van der Waals surface area contributed by atoms with Crippen molar-refractivity contribution in [1.29, 1.82) is 0 Å². The minimum absolute atomic E-state index is 0.213. The van der Waals surface area contributed by atoms with Crippen LogP contribution in [0.2, 0.25) is 0 Å². The first-order chi connectivity index (χ1) is 14.3. The number of rotatable bonds is 9. The van der Waals surface area contributed by atoms with Crippen molar-refractivity contribution in [3.63, 3.8) is 0 Å². The molecule has 4 N–H and O–H groups in total. The summed E-state index contributed by atoms with van der Waals surface area (Å²) in [5.74, 6) is 2.76. The summed E-state index contributed by atoms with van der Waals surface area (Å²) in [7, 11) is 0. The molecule has 6 heteroatoms. The van der Waals surface area contributed by atoms with Crippen molar-refractivity contribution in [2.45, 2.75) is 89.6 Å². The highest BCUT2D eigenvalue weighted by Gasteiger charge is 2.62. The Bertz CT molecular complexity index is 588. The fourth-order valence-electron chi connectivity index (χ4n) is 7.84. The van der Waals surface area contributed by atoms with Gasteiger partial charge in [-0.1, -0.05) is 13.8 Å². The van der Waals surface area contributed by atoms with Gasteiger partial charge in [-0.15, -0.1) is 0 Å². The highest BCUT2D eigenvalue weighted by atomic mass is 16.5. The molecule has 3 aliphatic carbocycles. The first-order valence-electron chi connectivity index (χ1n) is 12.2. The van der Waals surface area contributed by atoms with Gasteiger partial charge in [0.1, 0.15) is 12.2 Å². The van der Waals surface area contributed by atoms with Crippen LogP contribution in [0.1, 0.15) is 65.2 Å². The van der Waals surface area contributed by atoms with Crippen LogP contribution in [0.3, 0.4) is 0 Å². The van der Waals surface area contributed by atoms with Crippen LogP contribution in [0.25, 0.3) is 0 Å². The van der Waals surface area contributed by atoms with Crippen molar-refractivity contribution >= 4 is 0 Å². The Kier molecular flexibility index (Phi) is 6.84. The molecule has 30 heavy (non-hydrogen) atoms. The normalized spacial score (nSPS) is 48.4. The highest BCUT2D eigenvalue weighted by molar-refractivity contribution is 5.12. The van der Waals surface area contributed by atoms with E-state index in [9.17, 15) is 20.4 Å². The van der Waals surface area contributed by atoms with E-state index in [2.05, 4.69) is 13.8 Å². The van der Waals surface area contributed by atoms with Gasteiger partial charge in [-0.25, -0.2) is 0 Å². The lowest BCUT2D eigenvalue weighted by Gasteiger charge is -2.51. The zero-order valence-corrected chi connectivity index (χ0v) is 18.9. The van der Waals surface area contributed by atoms with E-state index in [1.54, 1.807) is 0 Å². The molecule has 4 rings (SSSR count). The van der Waals surface area contributed by atoms with Gasteiger partial charge in [0.15, 0.2) is 0 Å². The second-order valence-corrected chi connectivity index (χ2v) is 11.6. The summed E-state index contributed by atoms with van der Waals surface area (Å²) in [4.78, 5) is 1.90. The number of nitrogens with zero attached hydrogens (tertiary/aromatic N) is 1. The molecular formula is C24H43NO5. The number of ether oxygens (including phenoxy) is 1. The number of piperidine rings is 1. The molecule has 0 aromatic carbocycles. The van der Waals surface area contributed by atoms with Gasteiger partial charge in [0.25, 0.3) is 0 Å². The monoisotopic (exact) mass is 425 g/mol. The number of aliphatic hydroxyl groups excluding tert-OH is 4. The third-order valence-electron chi connectivity index (χ3n) is 8.97. The third kappa shape index (κ3) is 4.33. The Morgan fingerprint density at radius 1 is 1.03 bits per heavy atom. The Hall–Kier alpha value is -0.240. The third-order valence-corrected chi connectivity index (χ3v) is 8.97. The molecule has 1 saturated heterocycles. The maximum absolute atomic E-state index is 10.1. The van der Waals surface area contributed by atoms with Gasteiger partial charge in [0, 0.05) is 13.2 Å². The number of fused-ring (bicyclic) bond motifs is 1. The van der Waals surface area contributed by atoms with E-state index >= 15 is 0 Å². The highest BCUT2D eigenvalue weighted by Crippen LogP contribution is 2.70. The summed E-state index contributed by atoms with van der Waals surface area (Å²) in [5.41, 5.74) is 1.01. The number of aliphatic hydroxyl groups is 4. The van der Waals surface area contributed by atoms with Gasteiger partial charge in [-0.2, -0.15) is 0 Å². The minimum atomic E-state index is -1.18. The summed E-state index contributed by atoms with van der Waals surface area (Å²) in [6.07, 6.45) is 6.66. The van der Waals surface area contributed by atoms with Crippen LogP contribution in [0.15, 0.2) is 0 Å². The van der Waals surface area contributed by atoms with Crippen molar-refractivity contribution in [1.82, 2.24) is 4.90 Å². The smallest absolute Gasteiger partial charge is 0.109 e. The zero-order valence-electron chi connectivity index (χ0n) is 18.9. The number of β-amino-alcohol motifs (C(OH)–C–C–N with tert-alkyl or cyclic N) is 1. The van der Waals surface area contributed by atoms with Crippen molar-refractivity contribution in [2.75, 3.05) is 32.9 Å². The average molecular weight is 426 g/mol. The zero-order chi connectivity index (χ0) is 21.5. The van der Waals surface area contributed by atoms with E-state index in [1.165, 1.54) is 32.1 Å². The molecule has 1 aliphatic heterocycles. The van der Waals surface area contributed by atoms with E-state index in [-0.39, 0.29) is 6.61 Å². The van der Waals surface area contributed by atoms with Crippen molar-refractivity contribution < 1.29 is 25.2 Å². The Morgan fingerprint density at radius 3 is 2.60 bits per heavy atom. The van der Waals surface area contributed by atoms with Crippen LogP contribution in [-0.4, -0.2) is 82.6 Å². The summed E-state index contributed by atoms with van der Waals surface area (Å²) < 4.78 is 6.23. The van der Waals surface area contributed by atoms with E-state index in [0.29, 0.717) is 23.9 Å². The molecule has 0 amide bonds. The quantitative estimate of drug-likeness (QED) is 0.421. The standard InChI is InChI=1S/C24H43NO5/c1-16-8-17-10-23(2)14-24(9-16,11-18(17)23)15-30-7-5-3-4-6-25-12-20(27)22(29)21(28)19(25)13-26/h16-22,26-29H,3-15H2,1-2H3/t16?,17?,18?,19-,20-,21+,22+,23?,24?/m0/s1. The van der Waals surface area contributed by atoms with E-state index in [0.717, 1.165) is 50.2 Å². The summed E-state index contributed by atoms with van der Waals surface area (Å²) in [5, 5.41) is 39.3. The molecule has 4 aliphatic rings. The Labute approximate surface area is 181 Å². The number of hydrogen-bond acceptors (Lipinski definition) is 6. The molecule has 174 valence electrons. The van der Waals surface area contributed by atoms with E-state index < -0.39 is 24.4 Å². The predicted molar refractivity (Wildman–Crippen MR) is 115 cm³/mol. The summed E-state index contributed by atoms with van der Waals surface area (Å²) >= 11 is 0. The van der Waals surface area contributed by atoms with E-state index in [1.807, 2.05) is 4.90 Å². The van der Waals surface area contributed by atoms with Gasteiger partial charge < -0.3 is 25.2 Å². The Balaban J connectivity index is 1.15. The minimum Gasteiger partial charge on any atom is -0.395 e. The first-order valence-corrected chi connectivity index (χ1v) is 12.2. The molecule has 0 radical (unpaired) electrons. The lowest BCUT2D eigenvalue weighted by atomic mass is 9.54. The lowest BCUT2D eigenvalue weighted by molar-refractivity contribution is -0.145. The molecule has 5 unspecified atom stereocenters. The molecule has 4 fully saturated rings. The molecule has 0 aromatic rings. The molecule has 2 bridgehead atoms. The molecule has 3 saturated carbocycles. The van der Waals surface area contributed by atoms with Crippen LogP contribution in [0, 0.1) is 28.6 Å². The van der Waals surface area contributed by atoms with Crippen molar-refractivity contribution in [2.24, 2.45) is 28.6 Å². The van der Waals surface area contributed by atoms with E-state index in [4.69, 9.17) is 4.74 Å². The van der Waals surface area contributed by atoms with Gasteiger partial charge in [-0.05, 0) is 86.5 Å². The number of likely N-dealkylation sites (tertiary alicyclic amines) is 1. The van der Waals surface area contributed by atoms with Crippen LogP contribution in [0.4, 0.5) is 0 Å². The Morgan fingerprint density at radius 2 is 1.83 bits per heavy atom. The predicted octanol–water partition coefficient (Wildman–Crippen LogP) is 1.78. The molecule has 0 aromatic heterocycles.